The van der Waals surface area contributed by atoms with Crippen LogP contribution in [0.1, 0.15) is 25.0 Å². The Bertz CT molecular complexity index is 1470. The largest absolute Gasteiger partial charge is 0.0622 e. The fourth-order valence-electron chi connectivity index (χ4n) is 5.35. The number of rotatable bonds is 3. The van der Waals surface area contributed by atoms with Crippen molar-refractivity contribution in [1.29, 1.82) is 0 Å². The summed E-state index contributed by atoms with van der Waals surface area (Å²) in [5.74, 6) is 0. The minimum absolute atomic E-state index is 0.0133. The molecule has 0 aliphatic heterocycles. The highest BCUT2D eigenvalue weighted by atomic mass is 14.4. The molecule has 0 spiro atoms. The lowest BCUT2D eigenvalue weighted by molar-refractivity contribution is 0.660. The SMILES string of the molecule is CC1(C)c2ccccc2-c2ccc(-c3cccc(-c4ccccc4-c4ccccc4)c3)cc21. The van der Waals surface area contributed by atoms with Gasteiger partial charge in [0, 0.05) is 5.41 Å². The highest BCUT2D eigenvalue weighted by molar-refractivity contribution is 5.87. The Morgan fingerprint density at radius 2 is 0.909 bits per heavy atom. The molecule has 33 heavy (non-hydrogen) atoms. The van der Waals surface area contributed by atoms with Crippen LogP contribution < -0.4 is 0 Å². The van der Waals surface area contributed by atoms with E-state index >= 15 is 0 Å². The highest BCUT2D eigenvalue weighted by Crippen LogP contribution is 2.49. The Labute approximate surface area is 196 Å². The molecule has 0 N–H and O–H groups in total. The number of hydrogen-bond donors (Lipinski definition) is 0. The number of fused-ring (bicyclic) bond motifs is 3. The third-order valence-electron chi connectivity index (χ3n) is 7.10. The van der Waals surface area contributed by atoms with Gasteiger partial charge >= 0.3 is 0 Å². The van der Waals surface area contributed by atoms with Crippen molar-refractivity contribution < 1.29 is 0 Å². The van der Waals surface area contributed by atoms with Crippen molar-refractivity contribution >= 4 is 0 Å². The first-order valence-corrected chi connectivity index (χ1v) is 11.6. The fourth-order valence-corrected chi connectivity index (χ4v) is 5.35. The molecular formula is C33H26. The Morgan fingerprint density at radius 3 is 1.70 bits per heavy atom. The standard InChI is InChI=1S/C33H26/c1-33(2)31-18-9-8-17-29(31)30-20-19-25(22-32(30)33)24-13-10-14-26(21-24)28-16-7-6-15-27(28)23-11-4-3-5-12-23/h3-22H,1-2H3. The molecule has 0 fully saturated rings. The Kier molecular flexibility index (Phi) is 4.55. The second-order valence-electron chi connectivity index (χ2n) is 9.42. The van der Waals surface area contributed by atoms with Crippen molar-refractivity contribution in [1.82, 2.24) is 0 Å². The molecule has 0 saturated carbocycles. The summed E-state index contributed by atoms with van der Waals surface area (Å²) in [5.41, 5.74) is 13.1. The van der Waals surface area contributed by atoms with Crippen LogP contribution in [0.5, 0.6) is 0 Å². The van der Waals surface area contributed by atoms with Gasteiger partial charge in [0.05, 0.1) is 0 Å². The molecule has 5 aromatic rings. The second kappa shape index (κ2) is 7.60. The van der Waals surface area contributed by atoms with Crippen molar-refractivity contribution in [2.45, 2.75) is 19.3 Å². The van der Waals surface area contributed by atoms with E-state index < -0.39 is 0 Å². The molecule has 0 saturated heterocycles. The van der Waals surface area contributed by atoms with Gasteiger partial charge in [0.25, 0.3) is 0 Å². The minimum Gasteiger partial charge on any atom is -0.0622 e. The van der Waals surface area contributed by atoms with Crippen LogP contribution in [0.4, 0.5) is 0 Å². The lowest BCUT2D eigenvalue weighted by Crippen LogP contribution is -2.14. The number of hydrogen-bond acceptors (Lipinski definition) is 0. The fraction of sp³-hybridized carbons (Fsp3) is 0.0909. The molecule has 0 atom stereocenters. The molecule has 0 heterocycles. The average Bonchev–Trinajstić information content (AvgIpc) is 3.11. The summed E-state index contributed by atoms with van der Waals surface area (Å²) in [5, 5.41) is 0. The first kappa shape index (κ1) is 19.8. The van der Waals surface area contributed by atoms with Gasteiger partial charge < -0.3 is 0 Å². The first-order valence-electron chi connectivity index (χ1n) is 11.6. The van der Waals surface area contributed by atoms with Gasteiger partial charge in [-0.15, -0.1) is 0 Å². The van der Waals surface area contributed by atoms with Crippen molar-refractivity contribution in [3.63, 3.8) is 0 Å². The predicted molar refractivity (Wildman–Crippen MR) is 140 cm³/mol. The Morgan fingerprint density at radius 1 is 0.364 bits per heavy atom. The van der Waals surface area contributed by atoms with Gasteiger partial charge in [-0.1, -0.05) is 123 Å². The molecule has 158 valence electrons. The van der Waals surface area contributed by atoms with E-state index in [0.717, 1.165) is 0 Å². The summed E-state index contributed by atoms with van der Waals surface area (Å²) < 4.78 is 0. The molecule has 0 bridgehead atoms. The third-order valence-corrected chi connectivity index (χ3v) is 7.10. The molecular weight excluding hydrogens is 396 g/mol. The monoisotopic (exact) mass is 422 g/mol. The van der Waals surface area contributed by atoms with Gasteiger partial charge in [-0.3, -0.25) is 0 Å². The van der Waals surface area contributed by atoms with Crippen LogP contribution in [0.2, 0.25) is 0 Å². The summed E-state index contributed by atoms with van der Waals surface area (Å²) in [4.78, 5) is 0. The summed E-state index contributed by atoms with van der Waals surface area (Å²) >= 11 is 0. The average molecular weight is 423 g/mol. The van der Waals surface area contributed by atoms with Gasteiger partial charge in [-0.05, 0) is 67.8 Å². The zero-order valence-electron chi connectivity index (χ0n) is 19.0. The van der Waals surface area contributed by atoms with Gasteiger partial charge in [0.2, 0.25) is 0 Å². The molecule has 6 rings (SSSR count). The molecule has 0 unspecified atom stereocenters. The van der Waals surface area contributed by atoms with E-state index in [1.54, 1.807) is 0 Å². The van der Waals surface area contributed by atoms with E-state index in [1.807, 2.05) is 0 Å². The van der Waals surface area contributed by atoms with Crippen LogP contribution in [0.25, 0.3) is 44.5 Å². The summed E-state index contributed by atoms with van der Waals surface area (Å²) in [6.07, 6.45) is 0. The third kappa shape index (κ3) is 3.22. The predicted octanol–water partition coefficient (Wildman–Crippen LogP) is 8.99. The zero-order chi connectivity index (χ0) is 22.4. The Hall–Kier alpha value is -3.90. The van der Waals surface area contributed by atoms with E-state index in [9.17, 15) is 0 Å². The van der Waals surface area contributed by atoms with Crippen LogP contribution >= 0.6 is 0 Å². The van der Waals surface area contributed by atoms with E-state index in [1.165, 1.54) is 55.6 Å². The molecule has 1 aliphatic carbocycles. The summed E-state index contributed by atoms with van der Waals surface area (Å²) in [7, 11) is 0. The smallest absolute Gasteiger partial charge is 0.0159 e. The quantitative estimate of drug-likeness (QED) is 0.272. The normalized spacial score (nSPS) is 13.4. The van der Waals surface area contributed by atoms with Crippen LogP contribution in [-0.2, 0) is 5.41 Å². The first-order chi connectivity index (χ1) is 16.1. The van der Waals surface area contributed by atoms with E-state index in [2.05, 4.69) is 135 Å². The maximum atomic E-state index is 2.40. The van der Waals surface area contributed by atoms with E-state index in [4.69, 9.17) is 0 Å². The second-order valence-corrected chi connectivity index (χ2v) is 9.42. The van der Waals surface area contributed by atoms with Crippen LogP contribution in [0.3, 0.4) is 0 Å². The topological polar surface area (TPSA) is 0 Å². The van der Waals surface area contributed by atoms with Crippen molar-refractivity contribution in [2.75, 3.05) is 0 Å². The summed E-state index contributed by atoms with van der Waals surface area (Å²) in [6, 6.07) is 44.1. The molecule has 0 nitrogen and oxygen atoms in total. The molecule has 5 aromatic carbocycles. The van der Waals surface area contributed by atoms with Crippen LogP contribution in [0, 0.1) is 0 Å². The van der Waals surface area contributed by atoms with Gasteiger partial charge in [-0.2, -0.15) is 0 Å². The summed E-state index contributed by atoms with van der Waals surface area (Å²) in [6.45, 7) is 4.68. The van der Waals surface area contributed by atoms with Crippen molar-refractivity contribution in [3.05, 3.63) is 132 Å². The molecule has 1 aliphatic rings. The molecule has 0 radical (unpaired) electrons. The van der Waals surface area contributed by atoms with Gasteiger partial charge in [0.1, 0.15) is 0 Å². The maximum Gasteiger partial charge on any atom is 0.0159 e. The van der Waals surface area contributed by atoms with Crippen LogP contribution in [-0.4, -0.2) is 0 Å². The van der Waals surface area contributed by atoms with Crippen LogP contribution in [0.15, 0.2) is 121 Å². The maximum absolute atomic E-state index is 2.40. The zero-order valence-corrected chi connectivity index (χ0v) is 19.0. The van der Waals surface area contributed by atoms with E-state index in [0.29, 0.717) is 0 Å². The number of benzene rings is 5. The molecule has 0 amide bonds. The van der Waals surface area contributed by atoms with E-state index in [-0.39, 0.29) is 5.41 Å². The van der Waals surface area contributed by atoms with Gasteiger partial charge in [-0.25, -0.2) is 0 Å². The highest BCUT2D eigenvalue weighted by Gasteiger charge is 2.35. The van der Waals surface area contributed by atoms with Crippen molar-refractivity contribution in [2.24, 2.45) is 0 Å². The molecule has 0 aromatic heterocycles. The lowest BCUT2D eigenvalue weighted by Gasteiger charge is -2.22. The van der Waals surface area contributed by atoms with Crippen molar-refractivity contribution in [3.8, 4) is 44.5 Å². The minimum atomic E-state index is 0.0133. The van der Waals surface area contributed by atoms with Gasteiger partial charge in [0.15, 0.2) is 0 Å². The Balaban J connectivity index is 1.45. The molecule has 0 heteroatoms. The lowest BCUT2D eigenvalue weighted by atomic mass is 9.81.